The van der Waals surface area contributed by atoms with Crippen LogP contribution < -0.4 is 0 Å². The van der Waals surface area contributed by atoms with E-state index in [1.165, 1.54) is 12.1 Å². The fourth-order valence-electron chi connectivity index (χ4n) is 3.39. The molecule has 2 heterocycles. The largest absolute Gasteiger partial charge is 0.444 e. The van der Waals surface area contributed by atoms with Crippen LogP contribution in [-0.2, 0) is 14.4 Å². The zero-order chi connectivity index (χ0) is 20.6. The van der Waals surface area contributed by atoms with Crippen LogP contribution in [0.4, 0.5) is 4.79 Å². The summed E-state index contributed by atoms with van der Waals surface area (Å²) in [6.07, 6.45) is 0.305. The zero-order valence-corrected chi connectivity index (χ0v) is 16.4. The van der Waals surface area contributed by atoms with Gasteiger partial charge in [0.25, 0.3) is 11.8 Å². The summed E-state index contributed by atoms with van der Waals surface area (Å²) in [5.74, 6) is -2.45. The second-order valence-electron chi connectivity index (χ2n) is 8.10. The maximum Gasteiger partial charge on any atom is 0.410 e. The highest BCUT2D eigenvalue weighted by molar-refractivity contribution is 6.20. The van der Waals surface area contributed by atoms with Gasteiger partial charge in [-0.1, -0.05) is 17.2 Å². The molecule has 2 aliphatic heterocycles. The van der Waals surface area contributed by atoms with E-state index in [0.29, 0.717) is 24.4 Å². The van der Waals surface area contributed by atoms with Gasteiger partial charge in [-0.15, -0.1) is 0 Å². The van der Waals surface area contributed by atoms with Gasteiger partial charge in [-0.05, 0) is 52.7 Å². The Morgan fingerprint density at radius 3 is 2.14 bits per heavy atom. The van der Waals surface area contributed by atoms with Crippen molar-refractivity contribution >= 4 is 23.9 Å². The standard InChI is InChI=1S/C20H24N2O6/c1-12-11-13(9-10-21(12)19(26)27-20(2,3)4)18(25)28-22-16(23)14-7-5-6-8-15(14)17(22)24/h5-8,12-13H,9-11H2,1-4H3/t12-,13-/m1/s1. The van der Waals surface area contributed by atoms with Crippen LogP contribution in [0, 0.1) is 5.92 Å². The van der Waals surface area contributed by atoms with Crippen LogP contribution >= 0.6 is 0 Å². The summed E-state index contributed by atoms with van der Waals surface area (Å²) in [5, 5.41) is 0.526. The lowest BCUT2D eigenvalue weighted by Crippen LogP contribution is -2.48. The molecule has 1 aromatic rings. The predicted molar refractivity (Wildman–Crippen MR) is 98.2 cm³/mol. The second-order valence-corrected chi connectivity index (χ2v) is 8.10. The number of hydrogen-bond acceptors (Lipinski definition) is 6. The maximum absolute atomic E-state index is 12.5. The van der Waals surface area contributed by atoms with E-state index < -0.39 is 35.4 Å². The number of piperidine rings is 1. The summed E-state index contributed by atoms with van der Waals surface area (Å²) in [5.41, 5.74) is -0.167. The highest BCUT2D eigenvalue weighted by Crippen LogP contribution is 2.28. The molecule has 0 bridgehead atoms. The van der Waals surface area contributed by atoms with Gasteiger partial charge in [-0.3, -0.25) is 9.59 Å². The molecule has 0 spiro atoms. The van der Waals surface area contributed by atoms with Crippen LogP contribution in [0.5, 0.6) is 0 Å². The number of ether oxygens (including phenoxy) is 1. The minimum Gasteiger partial charge on any atom is -0.444 e. The van der Waals surface area contributed by atoms with Gasteiger partial charge in [0, 0.05) is 12.6 Å². The van der Waals surface area contributed by atoms with Crippen molar-refractivity contribution < 1.29 is 28.8 Å². The number of likely N-dealkylation sites (tertiary alicyclic amines) is 1. The Bertz CT molecular complexity index is 793. The summed E-state index contributed by atoms with van der Waals surface area (Å²) in [6.45, 7) is 7.54. The van der Waals surface area contributed by atoms with Crippen molar-refractivity contribution in [1.29, 1.82) is 0 Å². The number of rotatable bonds is 2. The molecular formula is C20H24N2O6. The Balaban J connectivity index is 1.61. The van der Waals surface area contributed by atoms with Gasteiger partial charge in [0.05, 0.1) is 17.0 Å². The predicted octanol–water partition coefficient (Wildman–Crippen LogP) is 2.78. The quantitative estimate of drug-likeness (QED) is 0.723. The summed E-state index contributed by atoms with van der Waals surface area (Å²) in [7, 11) is 0. The monoisotopic (exact) mass is 388 g/mol. The van der Waals surface area contributed by atoms with Crippen LogP contribution in [0.25, 0.3) is 0 Å². The van der Waals surface area contributed by atoms with E-state index in [-0.39, 0.29) is 17.2 Å². The Kier molecular flexibility index (Phi) is 5.14. The molecule has 0 radical (unpaired) electrons. The molecule has 0 unspecified atom stereocenters. The molecule has 8 heteroatoms. The minimum absolute atomic E-state index is 0.216. The van der Waals surface area contributed by atoms with Crippen LogP contribution in [0.1, 0.15) is 61.3 Å². The number of nitrogens with zero attached hydrogens (tertiary/aromatic N) is 2. The molecule has 0 saturated carbocycles. The summed E-state index contributed by atoms with van der Waals surface area (Å²) in [6, 6.07) is 6.09. The SMILES string of the molecule is C[C@@H]1C[C@H](C(=O)ON2C(=O)c3ccccc3C2=O)CCN1C(=O)OC(C)(C)C. The first-order valence-electron chi connectivity index (χ1n) is 9.27. The third-order valence-electron chi connectivity index (χ3n) is 4.78. The lowest BCUT2D eigenvalue weighted by molar-refractivity contribution is -0.175. The third-order valence-corrected chi connectivity index (χ3v) is 4.78. The van der Waals surface area contributed by atoms with Crippen LogP contribution in [-0.4, -0.2) is 52.0 Å². The highest BCUT2D eigenvalue weighted by atomic mass is 16.7. The molecule has 3 amide bonds. The van der Waals surface area contributed by atoms with Crippen LogP contribution in [0.3, 0.4) is 0 Å². The van der Waals surface area contributed by atoms with E-state index in [9.17, 15) is 19.2 Å². The third kappa shape index (κ3) is 3.85. The van der Waals surface area contributed by atoms with E-state index >= 15 is 0 Å². The smallest absolute Gasteiger partial charge is 0.410 e. The van der Waals surface area contributed by atoms with Crippen molar-refractivity contribution in [3.8, 4) is 0 Å². The van der Waals surface area contributed by atoms with Gasteiger partial charge < -0.3 is 14.5 Å². The first-order valence-corrected chi connectivity index (χ1v) is 9.27. The number of amides is 3. The van der Waals surface area contributed by atoms with E-state index in [1.807, 2.05) is 6.92 Å². The van der Waals surface area contributed by atoms with E-state index in [4.69, 9.17) is 9.57 Å². The Labute approximate surface area is 163 Å². The van der Waals surface area contributed by atoms with E-state index in [0.717, 1.165) is 0 Å². The molecule has 150 valence electrons. The maximum atomic E-state index is 12.5. The lowest BCUT2D eigenvalue weighted by atomic mass is 9.92. The van der Waals surface area contributed by atoms with Gasteiger partial charge in [-0.25, -0.2) is 9.59 Å². The molecule has 8 nitrogen and oxygen atoms in total. The van der Waals surface area contributed by atoms with E-state index in [2.05, 4.69) is 0 Å². The first kappa shape index (κ1) is 19.9. The number of benzene rings is 1. The van der Waals surface area contributed by atoms with Crippen molar-refractivity contribution in [2.75, 3.05) is 6.54 Å². The molecule has 2 atom stereocenters. The molecule has 3 rings (SSSR count). The second kappa shape index (κ2) is 7.26. The summed E-state index contributed by atoms with van der Waals surface area (Å²) >= 11 is 0. The van der Waals surface area contributed by atoms with Gasteiger partial charge in [0.2, 0.25) is 0 Å². The Morgan fingerprint density at radius 2 is 1.64 bits per heavy atom. The Hall–Kier alpha value is -2.90. The highest BCUT2D eigenvalue weighted by Gasteiger charge is 2.41. The number of fused-ring (bicyclic) bond motifs is 1. The number of hydrogen-bond donors (Lipinski definition) is 0. The van der Waals surface area contributed by atoms with Crippen molar-refractivity contribution in [3.05, 3.63) is 35.4 Å². The van der Waals surface area contributed by atoms with Gasteiger partial charge in [0.1, 0.15) is 5.60 Å². The molecule has 1 aromatic carbocycles. The molecule has 28 heavy (non-hydrogen) atoms. The Morgan fingerprint density at radius 1 is 1.07 bits per heavy atom. The molecule has 0 N–H and O–H groups in total. The molecular weight excluding hydrogens is 364 g/mol. The number of hydroxylamine groups is 2. The molecule has 0 aromatic heterocycles. The number of carbonyl (C=O) groups is 4. The summed E-state index contributed by atoms with van der Waals surface area (Å²) in [4.78, 5) is 56.2. The van der Waals surface area contributed by atoms with Gasteiger partial charge in [0.15, 0.2) is 0 Å². The fraction of sp³-hybridized carbons (Fsp3) is 0.500. The molecule has 0 aliphatic carbocycles. The first-order chi connectivity index (χ1) is 13.1. The molecule has 1 fully saturated rings. The van der Waals surface area contributed by atoms with Crippen LogP contribution in [0.2, 0.25) is 0 Å². The van der Waals surface area contributed by atoms with E-state index in [1.54, 1.807) is 37.8 Å². The van der Waals surface area contributed by atoms with Crippen LogP contribution in [0.15, 0.2) is 24.3 Å². The average Bonchev–Trinajstić information content (AvgIpc) is 2.85. The van der Waals surface area contributed by atoms with Gasteiger partial charge >= 0.3 is 12.1 Å². The summed E-state index contributed by atoms with van der Waals surface area (Å²) < 4.78 is 5.39. The van der Waals surface area contributed by atoms with Crippen molar-refractivity contribution in [1.82, 2.24) is 9.96 Å². The van der Waals surface area contributed by atoms with Crippen molar-refractivity contribution in [3.63, 3.8) is 0 Å². The van der Waals surface area contributed by atoms with Gasteiger partial charge in [-0.2, -0.15) is 0 Å². The average molecular weight is 388 g/mol. The fourth-order valence-corrected chi connectivity index (χ4v) is 3.39. The number of carbonyl (C=O) groups excluding carboxylic acids is 4. The normalized spacial score (nSPS) is 22.1. The zero-order valence-electron chi connectivity index (χ0n) is 16.4. The molecule has 1 saturated heterocycles. The van der Waals surface area contributed by atoms with Crippen molar-refractivity contribution in [2.24, 2.45) is 5.92 Å². The molecule has 2 aliphatic rings. The minimum atomic E-state index is -0.648. The lowest BCUT2D eigenvalue weighted by Gasteiger charge is -2.37. The topological polar surface area (TPSA) is 93.2 Å². The van der Waals surface area contributed by atoms with Crippen molar-refractivity contribution in [2.45, 2.75) is 52.2 Å². The number of imide groups is 1.